The van der Waals surface area contributed by atoms with Crippen LogP contribution in [0.3, 0.4) is 0 Å². The number of carbonyl (C=O) groups is 1. The number of nitrogens with zero attached hydrogens (tertiary/aromatic N) is 3. The van der Waals surface area contributed by atoms with Crippen LogP contribution >= 0.6 is 0 Å². The second kappa shape index (κ2) is 6.95. The van der Waals surface area contributed by atoms with Crippen LogP contribution in [0, 0.1) is 11.6 Å². The van der Waals surface area contributed by atoms with Crippen LogP contribution < -0.4 is 5.32 Å². The van der Waals surface area contributed by atoms with E-state index in [4.69, 9.17) is 4.42 Å². The predicted molar refractivity (Wildman–Crippen MR) is 79.4 cm³/mol. The van der Waals surface area contributed by atoms with Crippen LogP contribution in [0.4, 0.5) is 8.78 Å². The van der Waals surface area contributed by atoms with E-state index in [9.17, 15) is 13.6 Å². The second-order valence-electron chi connectivity index (χ2n) is 4.93. The van der Waals surface area contributed by atoms with Gasteiger partial charge in [0, 0.05) is 23.5 Å². The first kappa shape index (κ1) is 15.7. The Morgan fingerprint density at radius 3 is 2.71 bits per heavy atom. The molecular weight excluding hydrogens is 318 g/mol. The Hall–Kier alpha value is -3.16. The summed E-state index contributed by atoms with van der Waals surface area (Å²) in [6, 6.07) is 6.39. The summed E-state index contributed by atoms with van der Waals surface area (Å²) < 4.78 is 32.0. The van der Waals surface area contributed by atoms with Gasteiger partial charge in [0.25, 0.3) is 0 Å². The molecule has 1 amide bonds. The molecule has 0 aliphatic carbocycles. The van der Waals surface area contributed by atoms with Crippen molar-refractivity contribution in [1.29, 1.82) is 0 Å². The van der Waals surface area contributed by atoms with Crippen molar-refractivity contribution in [2.24, 2.45) is 0 Å². The molecule has 6 nitrogen and oxygen atoms in total. The van der Waals surface area contributed by atoms with E-state index in [1.165, 1.54) is 0 Å². The minimum absolute atomic E-state index is 0.00610. The highest BCUT2D eigenvalue weighted by molar-refractivity contribution is 5.78. The van der Waals surface area contributed by atoms with Crippen molar-refractivity contribution >= 4 is 5.91 Å². The average molecular weight is 330 g/mol. The van der Waals surface area contributed by atoms with Gasteiger partial charge in [-0.05, 0) is 30.3 Å². The highest BCUT2D eigenvalue weighted by Crippen LogP contribution is 2.16. The minimum Gasteiger partial charge on any atom is -0.419 e. The molecule has 3 aromatic rings. The number of nitrogens with one attached hydrogen (secondary N) is 1. The van der Waals surface area contributed by atoms with Gasteiger partial charge in [-0.15, -0.1) is 10.2 Å². The Balaban J connectivity index is 1.59. The molecule has 0 radical (unpaired) electrons. The summed E-state index contributed by atoms with van der Waals surface area (Å²) in [5.74, 6) is -1.21. The zero-order chi connectivity index (χ0) is 16.9. The largest absolute Gasteiger partial charge is 0.419 e. The molecule has 0 atom stereocenters. The standard InChI is InChI=1S/C16H12F2N4O2/c17-12-1-2-13(18)11(7-12)8-14(23)20-9-15-21-22-16(24-15)10-3-5-19-6-4-10/h1-7H,8-9H2,(H,20,23). The molecule has 122 valence electrons. The number of amides is 1. The van der Waals surface area contributed by atoms with Crippen LogP contribution in [0.15, 0.2) is 47.1 Å². The first-order chi connectivity index (χ1) is 11.6. The molecule has 2 heterocycles. The summed E-state index contributed by atoms with van der Waals surface area (Å²) in [5.41, 5.74) is 0.687. The average Bonchev–Trinajstić information content (AvgIpc) is 3.06. The molecule has 24 heavy (non-hydrogen) atoms. The van der Waals surface area contributed by atoms with Crippen molar-refractivity contribution in [3.8, 4) is 11.5 Å². The third-order valence-electron chi connectivity index (χ3n) is 3.19. The zero-order valence-corrected chi connectivity index (χ0v) is 12.4. The number of rotatable bonds is 5. The Morgan fingerprint density at radius 2 is 1.92 bits per heavy atom. The quantitative estimate of drug-likeness (QED) is 0.776. The number of carbonyl (C=O) groups excluding carboxylic acids is 1. The summed E-state index contributed by atoms with van der Waals surface area (Å²) >= 11 is 0. The van der Waals surface area contributed by atoms with Crippen molar-refractivity contribution in [3.63, 3.8) is 0 Å². The van der Waals surface area contributed by atoms with E-state index >= 15 is 0 Å². The summed E-state index contributed by atoms with van der Waals surface area (Å²) in [4.78, 5) is 15.7. The smallest absolute Gasteiger partial charge is 0.247 e. The van der Waals surface area contributed by atoms with Gasteiger partial charge < -0.3 is 9.73 Å². The summed E-state index contributed by atoms with van der Waals surface area (Å²) in [5, 5.41) is 10.2. The fourth-order valence-corrected chi connectivity index (χ4v) is 2.02. The maximum absolute atomic E-state index is 13.5. The van der Waals surface area contributed by atoms with Crippen molar-refractivity contribution in [2.75, 3.05) is 0 Å². The van der Waals surface area contributed by atoms with E-state index in [1.807, 2.05) is 0 Å². The SMILES string of the molecule is O=C(Cc1cc(F)ccc1F)NCc1nnc(-c2ccncc2)o1. The molecule has 0 aliphatic heterocycles. The molecule has 0 aliphatic rings. The Labute approximate surface area is 135 Å². The van der Waals surface area contributed by atoms with E-state index in [-0.39, 0.29) is 24.4 Å². The number of benzene rings is 1. The van der Waals surface area contributed by atoms with Gasteiger partial charge in [0.15, 0.2) is 0 Å². The topological polar surface area (TPSA) is 80.9 Å². The van der Waals surface area contributed by atoms with Crippen molar-refractivity contribution in [1.82, 2.24) is 20.5 Å². The number of aromatic nitrogens is 3. The van der Waals surface area contributed by atoms with Crippen molar-refractivity contribution in [3.05, 3.63) is 65.8 Å². The summed E-state index contributed by atoms with van der Waals surface area (Å²) in [7, 11) is 0. The van der Waals surface area contributed by atoms with Gasteiger partial charge in [-0.1, -0.05) is 0 Å². The van der Waals surface area contributed by atoms with Crippen LogP contribution in [0.1, 0.15) is 11.5 Å². The molecule has 0 fully saturated rings. The van der Waals surface area contributed by atoms with Gasteiger partial charge in [-0.3, -0.25) is 9.78 Å². The van der Waals surface area contributed by atoms with E-state index < -0.39 is 17.5 Å². The molecule has 2 aromatic heterocycles. The lowest BCUT2D eigenvalue weighted by molar-refractivity contribution is -0.120. The molecule has 0 bridgehead atoms. The van der Waals surface area contributed by atoms with Crippen LogP contribution in [-0.2, 0) is 17.8 Å². The van der Waals surface area contributed by atoms with Gasteiger partial charge in [0.2, 0.25) is 17.7 Å². The molecule has 0 unspecified atom stereocenters. The number of hydrogen-bond donors (Lipinski definition) is 1. The van der Waals surface area contributed by atoms with E-state index in [1.54, 1.807) is 24.5 Å². The molecule has 8 heteroatoms. The Bertz CT molecular complexity index is 852. The first-order valence-electron chi connectivity index (χ1n) is 7.05. The predicted octanol–water partition coefficient (Wildman–Crippen LogP) is 2.27. The lowest BCUT2D eigenvalue weighted by Gasteiger charge is -2.04. The second-order valence-corrected chi connectivity index (χ2v) is 4.93. The van der Waals surface area contributed by atoms with Gasteiger partial charge >= 0.3 is 0 Å². The highest BCUT2D eigenvalue weighted by Gasteiger charge is 2.12. The van der Waals surface area contributed by atoms with Crippen LogP contribution in [-0.4, -0.2) is 21.1 Å². The van der Waals surface area contributed by atoms with Crippen molar-refractivity contribution in [2.45, 2.75) is 13.0 Å². The third-order valence-corrected chi connectivity index (χ3v) is 3.19. The molecule has 1 aromatic carbocycles. The highest BCUT2D eigenvalue weighted by atomic mass is 19.1. The van der Waals surface area contributed by atoms with Crippen LogP contribution in [0.25, 0.3) is 11.5 Å². The van der Waals surface area contributed by atoms with Gasteiger partial charge in [0.1, 0.15) is 11.6 Å². The molecule has 0 saturated carbocycles. The van der Waals surface area contributed by atoms with Crippen LogP contribution in [0.5, 0.6) is 0 Å². The third kappa shape index (κ3) is 3.78. The maximum Gasteiger partial charge on any atom is 0.247 e. The molecular formula is C16H12F2N4O2. The molecule has 0 spiro atoms. The van der Waals surface area contributed by atoms with Crippen molar-refractivity contribution < 1.29 is 18.0 Å². The lowest BCUT2D eigenvalue weighted by Crippen LogP contribution is -2.25. The van der Waals surface area contributed by atoms with Gasteiger partial charge in [0.05, 0.1) is 13.0 Å². The van der Waals surface area contributed by atoms with E-state index in [2.05, 4.69) is 20.5 Å². The fraction of sp³-hybridized carbons (Fsp3) is 0.125. The fourth-order valence-electron chi connectivity index (χ4n) is 2.02. The normalized spacial score (nSPS) is 10.6. The lowest BCUT2D eigenvalue weighted by atomic mass is 10.1. The van der Waals surface area contributed by atoms with E-state index in [0.29, 0.717) is 11.5 Å². The number of halogens is 2. The van der Waals surface area contributed by atoms with Crippen LogP contribution in [0.2, 0.25) is 0 Å². The number of hydrogen-bond acceptors (Lipinski definition) is 5. The monoisotopic (exact) mass is 330 g/mol. The van der Waals surface area contributed by atoms with Gasteiger partial charge in [-0.25, -0.2) is 8.78 Å². The minimum atomic E-state index is -0.635. The Kier molecular flexibility index (Phi) is 4.55. The summed E-state index contributed by atoms with van der Waals surface area (Å²) in [6.07, 6.45) is 2.90. The molecule has 1 N–H and O–H groups in total. The first-order valence-corrected chi connectivity index (χ1v) is 7.05. The molecule has 3 rings (SSSR count). The number of pyridine rings is 1. The zero-order valence-electron chi connectivity index (χ0n) is 12.4. The Morgan fingerprint density at radius 1 is 1.12 bits per heavy atom. The van der Waals surface area contributed by atoms with E-state index in [0.717, 1.165) is 18.2 Å². The maximum atomic E-state index is 13.5. The van der Waals surface area contributed by atoms with Gasteiger partial charge in [-0.2, -0.15) is 0 Å². The molecule has 0 saturated heterocycles. The summed E-state index contributed by atoms with van der Waals surface area (Å²) in [6.45, 7) is -0.00610.